The summed E-state index contributed by atoms with van der Waals surface area (Å²) in [6.45, 7) is 0. The number of rotatable bonds is 8. The molecule has 0 heterocycles. The van der Waals surface area contributed by atoms with E-state index < -0.39 is 48.8 Å². The Morgan fingerprint density at radius 3 is 1.16 bits per heavy atom. The average molecular weight is 298 g/mol. The van der Waals surface area contributed by atoms with Crippen LogP contribution in [0.3, 0.4) is 0 Å². The van der Waals surface area contributed by atoms with Crippen molar-refractivity contribution < 1.29 is 39.6 Å². The van der Waals surface area contributed by atoms with Crippen LogP contribution in [0, 0.1) is 0 Å². The van der Waals surface area contributed by atoms with Gasteiger partial charge < -0.3 is 20.4 Å². The van der Waals surface area contributed by atoms with Crippen molar-refractivity contribution in [2.75, 3.05) is 0 Å². The van der Waals surface area contributed by atoms with E-state index in [0.717, 1.165) is 0 Å². The Morgan fingerprint density at radius 1 is 0.737 bits per heavy atom. The van der Waals surface area contributed by atoms with Gasteiger partial charge in [0, 0.05) is 46.1 Å². The summed E-state index contributed by atoms with van der Waals surface area (Å²) in [5, 5.41) is 36.0. The fraction of sp³-hybridized carbons (Fsp3) is 0.500. The molecule has 0 aliphatic carbocycles. The van der Waals surface area contributed by atoms with Gasteiger partial charge in [-0.2, -0.15) is 0 Å². The van der Waals surface area contributed by atoms with E-state index >= 15 is 0 Å². The Morgan fingerprint density at radius 2 is 1.00 bits per heavy atom. The van der Waals surface area contributed by atoms with Crippen molar-refractivity contribution in [2.45, 2.75) is 24.9 Å². The molecule has 0 aromatic heterocycles. The van der Waals surface area contributed by atoms with Gasteiger partial charge >= 0.3 is 23.9 Å². The first kappa shape index (κ1) is 23.5. The summed E-state index contributed by atoms with van der Waals surface area (Å²) < 4.78 is 0. The Balaban J connectivity index is -0.00000128. The molecule has 4 radical (unpaired) electrons. The van der Waals surface area contributed by atoms with Gasteiger partial charge in [-0.05, 0) is 0 Å². The van der Waals surface area contributed by atoms with Crippen molar-refractivity contribution in [3.05, 3.63) is 0 Å². The zero-order valence-electron chi connectivity index (χ0n) is 9.90. The lowest BCUT2D eigenvalue weighted by molar-refractivity contribution is -0.150. The van der Waals surface area contributed by atoms with Crippen molar-refractivity contribution >= 4 is 70.0 Å². The fourth-order valence-corrected chi connectivity index (χ4v) is 1.03. The highest BCUT2D eigenvalue weighted by molar-refractivity contribution is 5.84. The number of hydrogen-bond donors (Lipinski definition) is 5. The molecule has 5 N–H and O–H groups in total. The van der Waals surface area contributed by atoms with E-state index in [0.29, 0.717) is 0 Å². The maximum Gasteiger partial charge on any atom is 0.321 e. The van der Waals surface area contributed by atoms with Crippen LogP contribution >= 0.6 is 0 Å². The van der Waals surface area contributed by atoms with Crippen LogP contribution in [-0.2, 0) is 19.2 Å². The van der Waals surface area contributed by atoms with Gasteiger partial charge in [-0.3, -0.25) is 24.5 Å². The van der Waals surface area contributed by atoms with Gasteiger partial charge in [0.25, 0.3) is 0 Å². The lowest BCUT2D eigenvalue weighted by Crippen LogP contribution is -2.48. The predicted molar refractivity (Wildman–Crippen MR) is 62.0 cm³/mol. The number of carboxylic acid groups (broad SMARTS) is 4. The molecule has 0 saturated carbocycles. The molecule has 11 heteroatoms. The molecular weight excluding hydrogens is 287 g/mol. The van der Waals surface area contributed by atoms with Crippen LogP contribution in [0.5, 0.6) is 0 Å². The minimum atomic E-state index is -1.66. The van der Waals surface area contributed by atoms with E-state index in [2.05, 4.69) is 0 Å². The summed E-state index contributed by atoms with van der Waals surface area (Å²) in [6, 6.07) is -3.32. The highest BCUT2D eigenvalue weighted by Gasteiger charge is 2.29. The van der Waals surface area contributed by atoms with Crippen LogP contribution in [0.1, 0.15) is 12.8 Å². The minimum Gasteiger partial charge on any atom is -0.481 e. The maximum absolute atomic E-state index is 10.6. The average Bonchev–Trinajstić information content (AvgIpc) is 2.13. The summed E-state index contributed by atoms with van der Waals surface area (Å²) in [5.41, 5.74) is 0. The van der Waals surface area contributed by atoms with Gasteiger partial charge in [0.1, 0.15) is 12.1 Å². The molecule has 0 aliphatic heterocycles. The van der Waals surface area contributed by atoms with Gasteiger partial charge in [0.2, 0.25) is 0 Å². The van der Waals surface area contributed by atoms with Crippen LogP contribution in [-0.4, -0.2) is 102 Å². The Hall–Kier alpha value is -0.628. The molecule has 0 aromatic carbocycles. The monoisotopic (exact) mass is 297 g/mol. The molecule has 2 atom stereocenters. The van der Waals surface area contributed by atoms with Gasteiger partial charge in [-0.15, -0.1) is 0 Å². The highest BCUT2D eigenvalue weighted by atomic mass is 24.3. The predicted octanol–water partition coefficient (Wildman–Crippen LogP) is -2.33. The lowest BCUT2D eigenvalue weighted by Gasteiger charge is -2.17. The molecule has 19 heavy (non-hydrogen) atoms. The molecule has 0 aliphatic rings. The van der Waals surface area contributed by atoms with Gasteiger partial charge in [0.15, 0.2) is 0 Å². The van der Waals surface area contributed by atoms with Crippen LogP contribution in [0.4, 0.5) is 0 Å². The molecule has 0 aromatic rings. The third-order valence-electron chi connectivity index (χ3n) is 1.76. The number of nitrogens with one attached hydrogen (secondary N) is 1. The van der Waals surface area contributed by atoms with Gasteiger partial charge in [-0.25, -0.2) is 0 Å². The molecule has 0 fully saturated rings. The second-order valence-electron chi connectivity index (χ2n) is 3.14. The number of carbonyl (C=O) groups is 4. The van der Waals surface area contributed by atoms with Crippen molar-refractivity contribution in [3.63, 3.8) is 0 Å². The molecule has 2 unspecified atom stereocenters. The summed E-state index contributed by atoms with van der Waals surface area (Å²) in [7, 11) is 0. The largest absolute Gasteiger partial charge is 0.481 e. The van der Waals surface area contributed by atoms with Crippen molar-refractivity contribution in [3.8, 4) is 0 Å². The summed E-state index contributed by atoms with van der Waals surface area (Å²) in [5.74, 6) is -6.01. The molecule has 0 bridgehead atoms. The van der Waals surface area contributed by atoms with E-state index in [9.17, 15) is 19.2 Å². The Bertz CT molecular complexity index is 316. The van der Waals surface area contributed by atoms with Crippen LogP contribution < -0.4 is 5.32 Å². The van der Waals surface area contributed by atoms with E-state index in [4.69, 9.17) is 20.4 Å². The second kappa shape index (κ2) is 11.2. The number of carboxylic acids is 4. The zero-order chi connectivity index (χ0) is 13.6. The van der Waals surface area contributed by atoms with Crippen LogP contribution in [0.2, 0.25) is 0 Å². The van der Waals surface area contributed by atoms with E-state index in [1.165, 1.54) is 0 Å². The van der Waals surface area contributed by atoms with E-state index in [1.807, 2.05) is 5.32 Å². The first-order chi connectivity index (χ1) is 7.73. The standard InChI is InChI=1S/C8H11NO8.2Mg/c10-5(11)1-3(7(14)15)9-4(8(16)17)2-6(12)13;;/h3-4,9H,1-2H2,(H,10,11)(H,12,13)(H,14,15)(H,16,17);;. The van der Waals surface area contributed by atoms with Gasteiger partial charge in [-0.1, -0.05) is 0 Å². The topological polar surface area (TPSA) is 161 Å². The SMILES string of the molecule is O=C(O)CC(NC(CC(=O)O)C(=O)O)C(=O)O.[Mg].[Mg]. The first-order valence-electron chi connectivity index (χ1n) is 4.39. The molecule has 100 valence electrons. The molecule has 0 spiro atoms. The molecular formula is C8H11Mg2NO8. The van der Waals surface area contributed by atoms with E-state index in [1.54, 1.807) is 0 Å². The maximum atomic E-state index is 10.6. The van der Waals surface area contributed by atoms with Gasteiger partial charge in [0.05, 0.1) is 12.8 Å². The second-order valence-corrected chi connectivity index (χ2v) is 3.14. The lowest BCUT2D eigenvalue weighted by atomic mass is 10.1. The zero-order valence-corrected chi connectivity index (χ0v) is 12.7. The molecule has 9 nitrogen and oxygen atoms in total. The molecule has 0 saturated heterocycles. The van der Waals surface area contributed by atoms with Crippen molar-refractivity contribution in [1.29, 1.82) is 0 Å². The number of hydrogen-bond acceptors (Lipinski definition) is 5. The van der Waals surface area contributed by atoms with Crippen LogP contribution in [0.15, 0.2) is 0 Å². The highest BCUT2D eigenvalue weighted by Crippen LogP contribution is 2.00. The quantitative estimate of drug-likeness (QED) is 0.309. The minimum absolute atomic E-state index is 0. The smallest absolute Gasteiger partial charge is 0.321 e. The first-order valence-corrected chi connectivity index (χ1v) is 4.39. The van der Waals surface area contributed by atoms with Crippen LogP contribution in [0.25, 0.3) is 0 Å². The molecule has 0 amide bonds. The third kappa shape index (κ3) is 10.9. The van der Waals surface area contributed by atoms with Crippen molar-refractivity contribution in [1.82, 2.24) is 5.32 Å². The third-order valence-corrected chi connectivity index (χ3v) is 1.76. The summed E-state index contributed by atoms with van der Waals surface area (Å²) in [6.07, 6.45) is -1.70. The summed E-state index contributed by atoms with van der Waals surface area (Å²) in [4.78, 5) is 41.9. The molecule has 0 rings (SSSR count). The fourth-order valence-electron chi connectivity index (χ4n) is 1.03. The Kier molecular flexibility index (Phi) is 13.9. The van der Waals surface area contributed by atoms with Crippen molar-refractivity contribution in [2.24, 2.45) is 0 Å². The normalized spacial score (nSPS) is 12.2. The van der Waals surface area contributed by atoms with E-state index in [-0.39, 0.29) is 46.1 Å². The Labute approximate surface area is 139 Å². The number of aliphatic carboxylic acids is 4. The summed E-state index contributed by atoms with van der Waals surface area (Å²) >= 11 is 0.